The van der Waals surface area contributed by atoms with Gasteiger partial charge < -0.3 is 15.5 Å². The van der Waals surface area contributed by atoms with E-state index in [1.165, 1.54) is 6.92 Å². The summed E-state index contributed by atoms with van der Waals surface area (Å²) >= 11 is 6.21. The average Bonchev–Trinajstić information content (AvgIpc) is 3.01. The number of carbonyl (C=O) groups is 2. The SMILES string of the molecule is CC(=O)Nc1cc(-c2nc(C(N)=O)c(-c3ccccc3Cl)o2)c(C)cn1. The number of amides is 2. The smallest absolute Gasteiger partial charge is 0.271 e. The highest BCUT2D eigenvalue weighted by atomic mass is 35.5. The van der Waals surface area contributed by atoms with E-state index in [0.29, 0.717) is 22.0 Å². The first-order valence-corrected chi connectivity index (χ1v) is 8.04. The molecule has 0 atom stereocenters. The number of carbonyl (C=O) groups excluding carboxylic acids is 2. The number of nitrogens with two attached hydrogens (primary N) is 1. The summed E-state index contributed by atoms with van der Waals surface area (Å²) in [5.41, 5.74) is 7.27. The molecule has 0 saturated carbocycles. The summed E-state index contributed by atoms with van der Waals surface area (Å²) in [6, 6.07) is 8.53. The minimum Gasteiger partial charge on any atom is -0.435 e. The number of aryl methyl sites for hydroxylation is 1. The van der Waals surface area contributed by atoms with Gasteiger partial charge in [0.2, 0.25) is 11.8 Å². The van der Waals surface area contributed by atoms with Crippen molar-refractivity contribution in [3.8, 4) is 22.8 Å². The van der Waals surface area contributed by atoms with E-state index >= 15 is 0 Å². The molecule has 3 aromatic rings. The van der Waals surface area contributed by atoms with Gasteiger partial charge in [-0.05, 0) is 30.7 Å². The van der Waals surface area contributed by atoms with Crippen molar-refractivity contribution in [3.63, 3.8) is 0 Å². The molecule has 2 aromatic heterocycles. The molecule has 2 heterocycles. The fourth-order valence-electron chi connectivity index (χ4n) is 2.43. The maximum absolute atomic E-state index is 11.8. The number of benzene rings is 1. The van der Waals surface area contributed by atoms with Crippen LogP contribution in [0.4, 0.5) is 5.82 Å². The third-order valence-corrected chi connectivity index (χ3v) is 3.95. The van der Waals surface area contributed by atoms with E-state index in [-0.39, 0.29) is 23.3 Å². The van der Waals surface area contributed by atoms with E-state index in [1.807, 2.05) is 6.92 Å². The fraction of sp³-hybridized carbons (Fsp3) is 0.111. The molecule has 1 aromatic carbocycles. The largest absolute Gasteiger partial charge is 0.435 e. The molecule has 132 valence electrons. The summed E-state index contributed by atoms with van der Waals surface area (Å²) in [4.78, 5) is 31.5. The van der Waals surface area contributed by atoms with Crippen molar-refractivity contribution in [1.82, 2.24) is 9.97 Å². The minimum atomic E-state index is -0.733. The zero-order chi connectivity index (χ0) is 18.8. The number of halogens is 1. The Hall–Kier alpha value is -3.19. The summed E-state index contributed by atoms with van der Waals surface area (Å²) < 4.78 is 5.83. The van der Waals surface area contributed by atoms with Gasteiger partial charge in [-0.2, -0.15) is 0 Å². The van der Waals surface area contributed by atoms with Crippen LogP contribution >= 0.6 is 11.6 Å². The van der Waals surface area contributed by atoms with Crippen molar-refractivity contribution in [2.24, 2.45) is 5.73 Å². The van der Waals surface area contributed by atoms with Crippen molar-refractivity contribution < 1.29 is 14.0 Å². The molecule has 0 aliphatic heterocycles. The molecule has 0 bridgehead atoms. The maximum atomic E-state index is 11.8. The van der Waals surface area contributed by atoms with Gasteiger partial charge in [0.1, 0.15) is 5.82 Å². The van der Waals surface area contributed by atoms with Crippen LogP contribution < -0.4 is 11.1 Å². The summed E-state index contributed by atoms with van der Waals surface area (Å²) in [7, 11) is 0. The van der Waals surface area contributed by atoms with Crippen LogP contribution in [0.15, 0.2) is 40.9 Å². The highest BCUT2D eigenvalue weighted by Gasteiger charge is 2.23. The molecule has 0 unspecified atom stereocenters. The number of aromatic nitrogens is 2. The molecule has 0 spiro atoms. The van der Waals surface area contributed by atoms with Gasteiger partial charge in [0.15, 0.2) is 11.5 Å². The molecule has 8 heteroatoms. The number of nitrogens with zero attached hydrogens (tertiary/aromatic N) is 2. The molecule has 0 fully saturated rings. The van der Waals surface area contributed by atoms with Crippen molar-refractivity contribution >= 4 is 29.2 Å². The van der Waals surface area contributed by atoms with E-state index in [9.17, 15) is 9.59 Å². The van der Waals surface area contributed by atoms with Crippen molar-refractivity contribution in [2.75, 3.05) is 5.32 Å². The number of hydrogen-bond donors (Lipinski definition) is 2. The van der Waals surface area contributed by atoms with Crippen molar-refractivity contribution in [3.05, 3.63) is 52.8 Å². The van der Waals surface area contributed by atoms with E-state index in [4.69, 9.17) is 21.8 Å². The highest BCUT2D eigenvalue weighted by Crippen LogP contribution is 2.35. The first-order valence-electron chi connectivity index (χ1n) is 7.67. The van der Waals surface area contributed by atoms with Crippen LogP contribution in [0.5, 0.6) is 0 Å². The molecule has 0 saturated heterocycles. The van der Waals surface area contributed by atoms with Crippen LogP contribution in [0, 0.1) is 6.92 Å². The molecular formula is C18H15ClN4O3. The third kappa shape index (κ3) is 3.43. The first kappa shape index (κ1) is 17.6. The number of primary amides is 1. The third-order valence-electron chi connectivity index (χ3n) is 3.62. The summed E-state index contributed by atoms with van der Waals surface area (Å²) in [5.74, 6) is -0.273. The molecule has 0 aliphatic rings. The Morgan fingerprint density at radius 1 is 1.23 bits per heavy atom. The van der Waals surface area contributed by atoms with Crippen LogP contribution in [0.3, 0.4) is 0 Å². The molecule has 7 nitrogen and oxygen atoms in total. The lowest BCUT2D eigenvalue weighted by Gasteiger charge is -2.05. The number of nitrogens with one attached hydrogen (secondary N) is 1. The van der Waals surface area contributed by atoms with Gasteiger partial charge in [0, 0.05) is 24.2 Å². The van der Waals surface area contributed by atoms with Gasteiger partial charge in [-0.25, -0.2) is 9.97 Å². The fourth-order valence-corrected chi connectivity index (χ4v) is 2.65. The normalized spacial score (nSPS) is 10.6. The number of hydrogen-bond acceptors (Lipinski definition) is 5. The highest BCUT2D eigenvalue weighted by molar-refractivity contribution is 6.33. The van der Waals surface area contributed by atoms with E-state index in [2.05, 4.69) is 15.3 Å². The van der Waals surface area contributed by atoms with Crippen molar-refractivity contribution in [1.29, 1.82) is 0 Å². The summed E-state index contributed by atoms with van der Waals surface area (Å²) in [6.45, 7) is 3.19. The molecule has 0 aliphatic carbocycles. The summed E-state index contributed by atoms with van der Waals surface area (Å²) in [6.07, 6.45) is 1.57. The predicted octanol–water partition coefficient (Wildman–Crippen LogP) is 3.42. The van der Waals surface area contributed by atoms with Crippen molar-refractivity contribution in [2.45, 2.75) is 13.8 Å². The quantitative estimate of drug-likeness (QED) is 0.730. The Morgan fingerprint density at radius 2 is 1.96 bits per heavy atom. The van der Waals surface area contributed by atoms with E-state index in [0.717, 1.165) is 5.56 Å². The van der Waals surface area contributed by atoms with Crippen LogP contribution in [-0.2, 0) is 4.79 Å². The van der Waals surface area contributed by atoms with Crippen LogP contribution in [0.1, 0.15) is 23.0 Å². The number of pyridine rings is 1. The standard InChI is InChI=1S/C18H15ClN4O3/c1-9-8-21-14(22-10(2)24)7-12(9)18-23-15(17(20)25)16(26-18)11-5-3-4-6-13(11)19/h3-8H,1-2H3,(H2,20,25)(H,21,22,24). The van der Waals surface area contributed by atoms with E-state index in [1.54, 1.807) is 36.5 Å². The lowest BCUT2D eigenvalue weighted by atomic mass is 10.1. The zero-order valence-corrected chi connectivity index (χ0v) is 14.8. The van der Waals surface area contributed by atoms with Gasteiger partial charge in [-0.15, -0.1) is 0 Å². The topological polar surface area (TPSA) is 111 Å². The second-order valence-corrected chi connectivity index (χ2v) is 6.01. The molecule has 0 radical (unpaired) electrons. The number of oxazole rings is 1. The van der Waals surface area contributed by atoms with Gasteiger partial charge >= 0.3 is 0 Å². The lowest BCUT2D eigenvalue weighted by Crippen LogP contribution is -2.12. The number of rotatable bonds is 4. The average molecular weight is 371 g/mol. The second-order valence-electron chi connectivity index (χ2n) is 5.61. The Labute approximate surface area is 154 Å². The Bertz CT molecular complexity index is 1010. The zero-order valence-electron chi connectivity index (χ0n) is 14.0. The Morgan fingerprint density at radius 3 is 2.62 bits per heavy atom. The Balaban J connectivity index is 2.16. The van der Waals surface area contributed by atoms with Gasteiger partial charge in [-0.1, -0.05) is 23.7 Å². The second kappa shape index (κ2) is 6.97. The van der Waals surface area contributed by atoms with Gasteiger partial charge in [0.05, 0.1) is 5.02 Å². The first-order chi connectivity index (χ1) is 12.4. The Kier molecular flexibility index (Phi) is 4.73. The van der Waals surface area contributed by atoms with E-state index < -0.39 is 5.91 Å². The monoisotopic (exact) mass is 370 g/mol. The molecular weight excluding hydrogens is 356 g/mol. The molecule has 2 amide bonds. The predicted molar refractivity (Wildman–Crippen MR) is 97.7 cm³/mol. The number of anilines is 1. The van der Waals surface area contributed by atoms with Gasteiger partial charge in [0.25, 0.3) is 5.91 Å². The minimum absolute atomic E-state index is 0.0228. The maximum Gasteiger partial charge on any atom is 0.271 e. The molecule has 3 N–H and O–H groups in total. The van der Waals surface area contributed by atoms with Gasteiger partial charge in [-0.3, -0.25) is 9.59 Å². The van der Waals surface area contributed by atoms with Crippen LogP contribution in [0.25, 0.3) is 22.8 Å². The lowest BCUT2D eigenvalue weighted by molar-refractivity contribution is -0.114. The summed E-state index contributed by atoms with van der Waals surface area (Å²) in [5, 5.41) is 3.00. The van der Waals surface area contributed by atoms with Crippen LogP contribution in [0.2, 0.25) is 5.02 Å². The molecule has 3 rings (SSSR count). The molecule has 26 heavy (non-hydrogen) atoms. The van der Waals surface area contributed by atoms with Crippen LogP contribution in [-0.4, -0.2) is 21.8 Å².